The van der Waals surface area contributed by atoms with Crippen LogP contribution in [0.25, 0.3) is 11.0 Å². The first kappa shape index (κ1) is 14.1. The van der Waals surface area contributed by atoms with Crippen LogP contribution in [0.5, 0.6) is 0 Å². The Kier molecular flexibility index (Phi) is 3.97. The highest BCUT2D eigenvalue weighted by atomic mass is 35.5. The molecule has 0 radical (unpaired) electrons. The molecule has 1 fully saturated rings. The van der Waals surface area contributed by atoms with E-state index in [9.17, 15) is 9.59 Å². The molecule has 0 saturated heterocycles. The average Bonchev–Trinajstić information content (AvgIpc) is 2.49. The molecule has 1 aliphatic rings. The Bertz CT molecular complexity index is 732. The Labute approximate surface area is 127 Å². The lowest BCUT2D eigenvalue weighted by molar-refractivity contribution is -0.120. The summed E-state index contributed by atoms with van der Waals surface area (Å²) in [4.78, 5) is 24.1. The van der Waals surface area contributed by atoms with Crippen LogP contribution in [-0.2, 0) is 4.79 Å². The summed E-state index contributed by atoms with van der Waals surface area (Å²) in [5, 5.41) is 3.96. The Hall–Kier alpha value is -1.81. The van der Waals surface area contributed by atoms with Gasteiger partial charge in [-0.25, -0.2) is 4.79 Å². The number of benzene rings is 1. The molecule has 1 N–H and O–H groups in total. The lowest BCUT2D eigenvalue weighted by Crippen LogP contribution is -2.27. The van der Waals surface area contributed by atoms with Crippen molar-refractivity contribution in [1.82, 2.24) is 0 Å². The number of halogens is 1. The van der Waals surface area contributed by atoms with E-state index in [0.717, 1.165) is 25.7 Å². The van der Waals surface area contributed by atoms with Crippen LogP contribution in [0.2, 0.25) is 5.02 Å². The highest BCUT2D eigenvalue weighted by molar-refractivity contribution is 6.31. The van der Waals surface area contributed by atoms with E-state index < -0.39 is 5.63 Å². The number of hydrogen-bond donors (Lipinski definition) is 1. The predicted molar refractivity (Wildman–Crippen MR) is 82.7 cm³/mol. The molecule has 1 aromatic heterocycles. The van der Waals surface area contributed by atoms with Crippen molar-refractivity contribution in [2.75, 3.05) is 5.32 Å². The van der Waals surface area contributed by atoms with Gasteiger partial charge in [-0.3, -0.25) is 4.79 Å². The van der Waals surface area contributed by atoms with Gasteiger partial charge in [-0.15, -0.1) is 0 Å². The molecular weight excluding hydrogens is 290 g/mol. The van der Waals surface area contributed by atoms with Crippen LogP contribution in [0.3, 0.4) is 0 Å². The van der Waals surface area contributed by atoms with Gasteiger partial charge in [-0.1, -0.05) is 30.9 Å². The average molecular weight is 306 g/mol. The minimum absolute atomic E-state index is 0.00629. The van der Waals surface area contributed by atoms with Crippen LogP contribution < -0.4 is 10.9 Å². The van der Waals surface area contributed by atoms with E-state index in [1.807, 2.05) is 0 Å². The molecule has 21 heavy (non-hydrogen) atoms. The van der Waals surface area contributed by atoms with Crippen molar-refractivity contribution in [3.8, 4) is 0 Å². The monoisotopic (exact) mass is 305 g/mol. The van der Waals surface area contributed by atoms with Gasteiger partial charge in [0.25, 0.3) is 0 Å². The van der Waals surface area contributed by atoms with E-state index in [2.05, 4.69) is 5.32 Å². The number of hydrogen-bond acceptors (Lipinski definition) is 3. The third-order valence-corrected chi connectivity index (χ3v) is 4.16. The molecule has 0 aliphatic heterocycles. The summed E-state index contributed by atoms with van der Waals surface area (Å²) in [7, 11) is 0. The van der Waals surface area contributed by atoms with Crippen LogP contribution in [0.15, 0.2) is 33.5 Å². The number of nitrogens with one attached hydrogen (secondary N) is 1. The second-order valence-electron chi connectivity index (χ2n) is 5.45. The Balaban J connectivity index is 1.87. The number of rotatable bonds is 2. The van der Waals surface area contributed by atoms with Gasteiger partial charge in [0, 0.05) is 16.3 Å². The number of anilines is 1. The van der Waals surface area contributed by atoms with Crippen LogP contribution in [0.4, 0.5) is 5.69 Å². The van der Waals surface area contributed by atoms with Crippen LogP contribution in [0.1, 0.15) is 32.1 Å². The summed E-state index contributed by atoms with van der Waals surface area (Å²) < 4.78 is 5.21. The van der Waals surface area contributed by atoms with Crippen molar-refractivity contribution in [2.45, 2.75) is 32.1 Å². The van der Waals surface area contributed by atoms with Crippen LogP contribution >= 0.6 is 11.6 Å². The lowest BCUT2D eigenvalue weighted by Gasteiger charge is -2.20. The van der Waals surface area contributed by atoms with Gasteiger partial charge in [0.1, 0.15) is 11.3 Å². The lowest BCUT2D eigenvalue weighted by atomic mass is 9.88. The normalized spacial score (nSPS) is 16.0. The quantitative estimate of drug-likeness (QED) is 0.854. The van der Waals surface area contributed by atoms with Crippen LogP contribution in [-0.4, -0.2) is 5.91 Å². The van der Waals surface area contributed by atoms with Crippen molar-refractivity contribution in [2.24, 2.45) is 5.92 Å². The van der Waals surface area contributed by atoms with E-state index in [0.29, 0.717) is 16.0 Å². The van der Waals surface area contributed by atoms with Gasteiger partial charge in [0.15, 0.2) is 0 Å². The highest BCUT2D eigenvalue weighted by Gasteiger charge is 2.22. The van der Waals surface area contributed by atoms with Crippen molar-refractivity contribution in [1.29, 1.82) is 0 Å². The smallest absolute Gasteiger partial charge is 0.360 e. The predicted octanol–water partition coefficient (Wildman–Crippen LogP) is 3.97. The van der Waals surface area contributed by atoms with E-state index >= 15 is 0 Å². The minimum Gasteiger partial charge on any atom is -0.421 e. The third-order valence-electron chi connectivity index (χ3n) is 3.93. The second-order valence-corrected chi connectivity index (χ2v) is 5.89. The maximum absolute atomic E-state index is 12.2. The topological polar surface area (TPSA) is 59.3 Å². The summed E-state index contributed by atoms with van der Waals surface area (Å²) in [5.74, 6) is -0.100. The largest absolute Gasteiger partial charge is 0.421 e. The first-order valence-electron chi connectivity index (χ1n) is 7.18. The van der Waals surface area contributed by atoms with Gasteiger partial charge in [-0.2, -0.15) is 0 Å². The molecule has 1 aliphatic carbocycles. The van der Waals surface area contributed by atoms with E-state index in [1.54, 1.807) is 24.3 Å². The molecule has 1 aromatic carbocycles. The number of fused-ring (bicyclic) bond motifs is 1. The first-order valence-corrected chi connectivity index (χ1v) is 7.55. The molecule has 3 rings (SSSR count). The van der Waals surface area contributed by atoms with E-state index in [4.69, 9.17) is 16.0 Å². The summed E-state index contributed by atoms with van der Waals surface area (Å²) in [5.41, 5.74) is 0.106. The molecule has 2 aromatic rings. The Morgan fingerprint density at radius 2 is 1.95 bits per heavy atom. The summed E-state index contributed by atoms with van der Waals surface area (Å²) in [6.07, 6.45) is 5.09. The molecule has 1 saturated carbocycles. The summed E-state index contributed by atoms with van der Waals surface area (Å²) in [6, 6.07) is 6.63. The standard InChI is InChI=1S/C16H16ClNO3/c17-12-6-7-14-11(8-12)9-13(16(20)21-14)18-15(19)10-4-2-1-3-5-10/h6-10H,1-5H2,(H,18,19). The third kappa shape index (κ3) is 3.10. The van der Waals surface area contributed by atoms with E-state index in [-0.39, 0.29) is 17.5 Å². The van der Waals surface area contributed by atoms with Crippen molar-refractivity contribution < 1.29 is 9.21 Å². The fourth-order valence-electron chi connectivity index (χ4n) is 2.78. The molecule has 0 atom stereocenters. The maximum Gasteiger partial charge on any atom is 0.360 e. The number of amides is 1. The van der Waals surface area contributed by atoms with Crippen molar-refractivity contribution in [3.63, 3.8) is 0 Å². The Morgan fingerprint density at radius 1 is 1.19 bits per heavy atom. The van der Waals surface area contributed by atoms with Gasteiger partial charge < -0.3 is 9.73 Å². The zero-order chi connectivity index (χ0) is 14.8. The number of carbonyl (C=O) groups excluding carboxylic acids is 1. The first-order chi connectivity index (χ1) is 10.1. The Morgan fingerprint density at radius 3 is 2.71 bits per heavy atom. The molecule has 0 bridgehead atoms. The maximum atomic E-state index is 12.2. The molecule has 5 heteroatoms. The van der Waals surface area contributed by atoms with E-state index in [1.165, 1.54) is 6.42 Å². The second kappa shape index (κ2) is 5.90. The fourth-order valence-corrected chi connectivity index (χ4v) is 2.96. The zero-order valence-corrected chi connectivity index (χ0v) is 12.3. The van der Waals surface area contributed by atoms with Crippen molar-refractivity contribution in [3.05, 3.63) is 39.7 Å². The molecule has 0 spiro atoms. The summed E-state index contributed by atoms with van der Waals surface area (Å²) >= 11 is 5.93. The van der Waals surface area contributed by atoms with Crippen LogP contribution in [0, 0.1) is 5.92 Å². The molecule has 110 valence electrons. The van der Waals surface area contributed by atoms with Gasteiger partial charge in [0.2, 0.25) is 5.91 Å². The fraction of sp³-hybridized carbons (Fsp3) is 0.375. The molecule has 0 unspecified atom stereocenters. The molecule has 1 amide bonds. The SMILES string of the molecule is O=C(Nc1cc2cc(Cl)ccc2oc1=O)C1CCCCC1. The molecule has 1 heterocycles. The highest BCUT2D eigenvalue weighted by Crippen LogP contribution is 2.25. The summed E-state index contributed by atoms with van der Waals surface area (Å²) in [6.45, 7) is 0. The molecule has 4 nitrogen and oxygen atoms in total. The van der Waals surface area contributed by atoms with Gasteiger partial charge >= 0.3 is 5.63 Å². The zero-order valence-electron chi connectivity index (χ0n) is 11.5. The molecular formula is C16H16ClNO3. The number of carbonyl (C=O) groups is 1. The minimum atomic E-state index is -0.533. The van der Waals surface area contributed by atoms with Gasteiger partial charge in [0.05, 0.1) is 0 Å². The van der Waals surface area contributed by atoms with Gasteiger partial charge in [-0.05, 0) is 37.1 Å². The van der Waals surface area contributed by atoms with Crippen molar-refractivity contribution >= 4 is 34.2 Å².